The maximum Gasteiger partial charge on any atom is 0.410 e. The highest BCUT2D eigenvalue weighted by atomic mass is 16.7. The molecule has 10 heteroatoms. The second-order valence-corrected chi connectivity index (χ2v) is 9.04. The molecular weight excluding hydrogens is 422 g/mol. The number of amides is 1. The number of epoxide rings is 2. The van der Waals surface area contributed by atoms with E-state index in [4.69, 9.17) is 33.2 Å². The van der Waals surface area contributed by atoms with E-state index < -0.39 is 0 Å². The highest BCUT2D eigenvalue weighted by molar-refractivity contribution is 5.70. The topological polar surface area (TPSA) is 109 Å². The summed E-state index contributed by atoms with van der Waals surface area (Å²) in [6, 6.07) is 0. The second kappa shape index (κ2) is 9.80. The fourth-order valence-electron chi connectivity index (χ4n) is 5.05. The van der Waals surface area contributed by atoms with Crippen LogP contribution in [0, 0.1) is 0 Å². The summed E-state index contributed by atoms with van der Waals surface area (Å²) in [6.45, 7) is 6.76. The van der Waals surface area contributed by atoms with E-state index in [2.05, 4.69) is 6.92 Å². The fraction of sp³-hybridized carbons (Fsp3) is 0.909. The van der Waals surface area contributed by atoms with Crippen LogP contribution in [0.3, 0.4) is 0 Å². The molecule has 0 aromatic carbocycles. The molecule has 3 heterocycles. The van der Waals surface area contributed by atoms with E-state index in [-0.39, 0.29) is 54.3 Å². The minimum atomic E-state index is -0.358. The van der Waals surface area contributed by atoms with Gasteiger partial charge in [-0.2, -0.15) is 0 Å². The minimum absolute atomic E-state index is 0.0152. The van der Waals surface area contributed by atoms with Crippen molar-refractivity contribution in [3.63, 3.8) is 0 Å². The van der Waals surface area contributed by atoms with E-state index in [0.717, 1.165) is 6.42 Å². The Bertz CT molecular complexity index is 684. The third-order valence-corrected chi connectivity index (χ3v) is 6.96. The van der Waals surface area contributed by atoms with Crippen molar-refractivity contribution in [1.29, 1.82) is 0 Å². The van der Waals surface area contributed by atoms with Crippen molar-refractivity contribution in [2.45, 2.75) is 75.1 Å². The molecule has 3 aliphatic heterocycles. The normalized spacial score (nSPS) is 38.4. The zero-order valence-electron chi connectivity index (χ0n) is 19.2. The third-order valence-electron chi connectivity index (χ3n) is 6.96. The lowest BCUT2D eigenvalue weighted by Gasteiger charge is -2.36. The zero-order valence-corrected chi connectivity index (χ0v) is 19.2. The fourth-order valence-corrected chi connectivity index (χ4v) is 5.05. The molecule has 0 radical (unpaired) electrons. The van der Waals surface area contributed by atoms with Gasteiger partial charge >= 0.3 is 12.1 Å². The van der Waals surface area contributed by atoms with Gasteiger partial charge in [-0.15, -0.1) is 0 Å². The summed E-state index contributed by atoms with van der Waals surface area (Å²) in [5, 5.41) is 0. The number of rotatable bonds is 9. The zero-order chi connectivity index (χ0) is 22.8. The molecule has 1 saturated carbocycles. The van der Waals surface area contributed by atoms with Gasteiger partial charge in [-0.25, -0.2) is 9.59 Å². The van der Waals surface area contributed by atoms with Crippen molar-refractivity contribution in [1.82, 2.24) is 4.90 Å². The molecule has 10 nitrogen and oxygen atoms in total. The van der Waals surface area contributed by atoms with Gasteiger partial charge in [-0.1, -0.05) is 0 Å². The largest absolute Gasteiger partial charge is 0.464 e. The summed E-state index contributed by atoms with van der Waals surface area (Å²) in [6.07, 6.45) is 2.06. The molecule has 1 amide bonds. The molecule has 1 aliphatic carbocycles. The van der Waals surface area contributed by atoms with Gasteiger partial charge in [0.05, 0.1) is 32.0 Å². The van der Waals surface area contributed by atoms with Crippen LogP contribution in [0.4, 0.5) is 4.79 Å². The number of ether oxygens (including phenoxy) is 7. The average Bonchev–Trinajstić information content (AvgIpc) is 3.69. The highest BCUT2D eigenvalue weighted by Crippen LogP contribution is 2.60. The standard InChI is InChI=1S/C22H35NO9/c1-4-29-18(24)14-28-10-6-17-21(2,31-17)19-22(32-19)7-5-15(16(13-22)26-3)30-20(25)23-8-11-27-12-9-23/h15-17,19H,4-14H2,1-3H3. The van der Waals surface area contributed by atoms with Crippen molar-refractivity contribution < 1.29 is 42.7 Å². The molecule has 32 heavy (non-hydrogen) atoms. The van der Waals surface area contributed by atoms with E-state index >= 15 is 0 Å². The Morgan fingerprint density at radius 3 is 2.66 bits per heavy atom. The van der Waals surface area contributed by atoms with Crippen molar-refractivity contribution in [2.24, 2.45) is 0 Å². The quantitative estimate of drug-likeness (QED) is 0.287. The van der Waals surface area contributed by atoms with Crippen molar-refractivity contribution in [3.8, 4) is 0 Å². The van der Waals surface area contributed by atoms with E-state index in [9.17, 15) is 9.59 Å². The molecule has 0 aromatic rings. The monoisotopic (exact) mass is 457 g/mol. The van der Waals surface area contributed by atoms with Gasteiger partial charge in [0.25, 0.3) is 0 Å². The van der Waals surface area contributed by atoms with E-state index in [1.807, 2.05) is 0 Å². The molecule has 182 valence electrons. The number of esters is 1. The van der Waals surface area contributed by atoms with Gasteiger partial charge in [-0.05, 0) is 33.1 Å². The van der Waals surface area contributed by atoms with Gasteiger partial charge in [0.2, 0.25) is 0 Å². The summed E-state index contributed by atoms with van der Waals surface area (Å²) in [4.78, 5) is 25.5. The number of hydrogen-bond acceptors (Lipinski definition) is 9. The van der Waals surface area contributed by atoms with Crippen molar-refractivity contribution in [3.05, 3.63) is 0 Å². The first-order valence-corrected chi connectivity index (χ1v) is 11.6. The first kappa shape index (κ1) is 23.7. The number of morpholine rings is 1. The summed E-state index contributed by atoms with van der Waals surface area (Å²) >= 11 is 0. The smallest absolute Gasteiger partial charge is 0.410 e. The van der Waals surface area contributed by atoms with E-state index in [1.54, 1.807) is 18.9 Å². The Kier molecular flexibility index (Phi) is 7.26. The van der Waals surface area contributed by atoms with Crippen LogP contribution in [0.2, 0.25) is 0 Å². The lowest BCUT2D eigenvalue weighted by Crippen LogP contribution is -2.48. The van der Waals surface area contributed by atoms with Crippen LogP contribution in [0.5, 0.6) is 0 Å². The predicted molar refractivity (Wildman–Crippen MR) is 110 cm³/mol. The first-order chi connectivity index (χ1) is 15.4. The van der Waals surface area contributed by atoms with Crippen LogP contribution >= 0.6 is 0 Å². The number of nitrogens with zero attached hydrogens (tertiary/aromatic N) is 1. The summed E-state index contributed by atoms with van der Waals surface area (Å²) in [5.74, 6) is -0.354. The van der Waals surface area contributed by atoms with Crippen LogP contribution in [0.25, 0.3) is 0 Å². The van der Waals surface area contributed by atoms with Gasteiger partial charge in [-0.3, -0.25) is 0 Å². The first-order valence-electron chi connectivity index (χ1n) is 11.6. The number of hydrogen-bond donors (Lipinski definition) is 0. The minimum Gasteiger partial charge on any atom is -0.464 e. The Labute approximate surface area is 188 Å². The number of carbonyl (C=O) groups is 2. The Morgan fingerprint density at radius 1 is 1.16 bits per heavy atom. The Morgan fingerprint density at radius 2 is 1.94 bits per heavy atom. The molecule has 6 atom stereocenters. The molecule has 3 saturated heterocycles. The van der Waals surface area contributed by atoms with Crippen LogP contribution in [0.15, 0.2) is 0 Å². The van der Waals surface area contributed by atoms with Gasteiger partial charge in [0.1, 0.15) is 30.0 Å². The predicted octanol–water partition coefficient (Wildman–Crippen LogP) is 1.29. The van der Waals surface area contributed by atoms with Crippen molar-refractivity contribution in [2.75, 3.05) is 53.2 Å². The van der Waals surface area contributed by atoms with Crippen molar-refractivity contribution >= 4 is 12.1 Å². The maximum absolute atomic E-state index is 12.5. The lowest BCUT2D eigenvalue weighted by atomic mass is 9.79. The Balaban J connectivity index is 1.22. The molecular formula is C22H35NO9. The summed E-state index contributed by atoms with van der Waals surface area (Å²) in [5.41, 5.74) is -0.652. The molecule has 4 rings (SSSR count). The number of carbonyl (C=O) groups excluding carboxylic acids is 2. The van der Waals surface area contributed by atoms with Gasteiger partial charge in [0.15, 0.2) is 0 Å². The van der Waals surface area contributed by atoms with Crippen LogP contribution < -0.4 is 0 Å². The van der Waals surface area contributed by atoms with Crippen LogP contribution in [0.1, 0.15) is 39.5 Å². The molecule has 0 bridgehead atoms. The summed E-state index contributed by atoms with van der Waals surface area (Å²) < 4.78 is 39.2. The van der Waals surface area contributed by atoms with Gasteiger partial charge in [0, 0.05) is 33.2 Å². The maximum atomic E-state index is 12.5. The Hall–Kier alpha value is -1.46. The van der Waals surface area contributed by atoms with Crippen LogP contribution in [-0.2, 0) is 38.0 Å². The number of methoxy groups -OCH3 is 1. The van der Waals surface area contributed by atoms with Crippen LogP contribution in [-0.4, -0.2) is 106 Å². The molecule has 4 fully saturated rings. The third kappa shape index (κ3) is 5.04. The van der Waals surface area contributed by atoms with E-state index in [0.29, 0.717) is 58.8 Å². The van der Waals surface area contributed by atoms with E-state index in [1.165, 1.54) is 0 Å². The molecule has 0 N–H and O–H groups in total. The van der Waals surface area contributed by atoms with Gasteiger partial charge < -0.3 is 38.1 Å². The molecule has 6 unspecified atom stereocenters. The average molecular weight is 458 g/mol. The molecule has 4 aliphatic rings. The lowest BCUT2D eigenvalue weighted by molar-refractivity contribution is -0.148. The summed E-state index contributed by atoms with van der Waals surface area (Å²) in [7, 11) is 1.65. The molecule has 0 aromatic heterocycles. The second-order valence-electron chi connectivity index (χ2n) is 9.04. The molecule has 1 spiro atoms. The highest BCUT2D eigenvalue weighted by Gasteiger charge is 2.74. The SMILES string of the molecule is CCOC(=O)COCCC1OC1(C)C1OC12CCC(OC(=O)N1CCOCC1)C(OC)C2.